The van der Waals surface area contributed by atoms with Crippen LogP contribution in [0.4, 0.5) is 5.69 Å². The van der Waals surface area contributed by atoms with Gasteiger partial charge in [0, 0.05) is 32.5 Å². The standard InChI is InChI=1S/C22H28N2O4/c1-17(25)24(14-7-10-18-8-5-4-6-9-18)15-13-22(26)23-20-12-11-19(27-2)16-21(20)28-3/h4-6,8-9,11-12,16H,7,10,13-15H2,1-3H3,(H,23,26). The molecule has 0 saturated carbocycles. The zero-order valence-corrected chi connectivity index (χ0v) is 16.7. The van der Waals surface area contributed by atoms with Crippen LogP contribution in [-0.4, -0.2) is 44.0 Å². The molecule has 150 valence electrons. The molecule has 0 atom stereocenters. The number of hydrogen-bond acceptors (Lipinski definition) is 4. The van der Waals surface area contributed by atoms with Gasteiger partial charge >= 0.3 is 0 Å². The van der Waals surface area contributed by atoms with E-state index >= 15 is 0 Å². The highest BCUT2D eigenvalue weighted by Gasteiger charge is 2.13. The van der Waals surface area contributed by atoms with E-state index in [0.29, 0.717) is 30.3 Å². The summed E-state index contributed by atoms with van der Waals surface area (Å²) in [4.78, 5) is 25.9. The van der Waals surface area contributed by atoms with E-state index in [1.54, 1.807) is 30.2 Å². The average Bonchev–Trinajstić information content (AvgIpc) is 2.71. The van der Waals surface area contributed by atoms with E-state index in [2.05, 4.69) is 17.4 Å². The van der Waals surface area contributed by atoms with E-state index in [9.17, 15) is 9.59 Å². The van der Waals surface area contributed by atoms with Gasteiger partial charge in [0.1, 0.15) is 11.5 Å². The van der Waals surface area contributed by atoms with Gasteiger partial charge < -0.3 is 19.7 Å². The molecule has 6 nitrogen and oxygen atoms in total. The van der Waals surface area contributed by atoms with Crippen molar-refractivity contribution in [2.45, 2.75) is 26.2 Å². The molecule has 0 bridgehead atoms. The summed E-state index contributed by atoms with van der Waals surface area (Å²) in [5.41, 5.74) is 1.82. The quantitative estimate of drug-likeness (QED) is 0.681. The van der Waals surface area contributed by atoms with Crippen molar-refractivity contribution in [3.05, 3.63) is 54.1 Å². The molecule has 0 aliphatic carbocycles. The highest BCUT2D eigenvalue weighted by molar-refractivity contribution is 5.92. The Bertz CT molecular complexity index is 777. The van der Waals surface area contributed by atoms with Crippen molar-refractivity contribution >= 4 is 17.5 Å². The van der Waals surface area contributed by atoms with Crippen molar-refractivity contribution in [1.82, 2.24) is 4.90 Å². The minimum Gasteiger partial charge on any atom is -0.497 e. The van der Waals surface area contributed by atoms with Gasteiger partial charge in [0.2, 0.25) is 11.8 Å². The summed E-state index contributed by atoms with van der Waals surface area (Å²) in [6, 6.07) is 15.4. The molecular weight excluding hydrogens is 356 g/mol. The van der Waals surface area contributed by atoms with Gasteiger partial charge in [-0.05, 0) is 30.5 Å². The number of aryl methyl sites for hydroxylation is 1. The summed E-state index contributed by atoms with van der Waals surface area (Å²) < 4.78 is 10.4. The Hall–Kier alpha value is -3.02. The molecule has 2 aromatic rings. The monoisotopic (exact) mass is 384 g/mol. The van der Waals surface area contributed by atoms with Crippen molar-refractivity contribution in [3.8, 4) is 11.5 Å². The predicted octanol–water partition coefficient (Wildman–Crippen LogP) is 3.51. The lowest BCUT2D eigenvalue weighted by atomic mass is 10.1. The van der Waals surface area contributed by atoms with Crippen LogP contribution in [0.15, 0.2) is 48.5 Å². The topological polar surface area (TPSA) is 67.9 Å². The SMILES string of the molecule is COc1ccc(NC(=O)CCN(CCCc2ccccc2)C(C)=O)c(OC)c1. The molecule has 28 heavy (non-hydrogen) atoms. The van der Waals surface area contributed by atoms with Gasteiger partial charge in [0.15, 0.2) is 0 Å². The third kappa shape index (κ3) is 6.61. The summed E-state index contributed by atoms with van der Waals surface area (Å²) >= 11 is 0. The van der Waals surface area contributed by atoms with Crippen molar-refractivity contribution in [3.63, 3.8) is 0 Å². The number of carbonyl (C=O) groups is 2. The molecular formula is C22H28N2O4. The van der Waals surface area contributed by atoms with E-state index in [1.165, 1.54) is 19.6 Å². The second-order valence-electron chi connectivity index (χ2n) is 6.46. The number of carbonyl (C=O) groups excluding carboxylic acids is 2. The van der Waals surface area contributed by atoms with Crippen LogP contribution >= 0.6 is 0 Å². The van der Waals surface area contributed by atoms with Gasteiger partial charge in [-0.3, -0.25) is 9.59 Å². The third-order valence-corrected chi connectivity index (χ3v) is 4.47. The van der Waals surface area contributed by atoms with E-state index in [0.717, 1.165) is 12.8 Å². The molecule has 2 amide bonds. The van der Waals surface area contributed by atoms with E-state index in [-0.39, 0.29) is 18.2 Å². The first-order valence-electron chi connectivity index (χ1n) is 9.34. The highest BCUT2D eigenvalue weighted by Crippen LogP contribution is 2.29. The lowest BCUT2D eigenvalue weighted by Gasteiger charge is -2.21. The van der Waals surface area contributed by atoms with E-state index in [1.807, 2.05) is 18.2 Å². The number of methoxy groups -OCH3 is 2. The number of amides is 2. The van der Waals surface area contributed by atoms with Crippen molar-refractivity contribution in [2.75, 3.05) is 32.6 Å². The van der Waals surface area contributed by atoms with Crippen molar-refractivity contribution in [1.29, 1.82) is 0 Å². The van der Waals surface area contributed by atoms with Crippen LogP contribution in [0.3, 0.4) is 0 Å². The van der Waals surface area contributed by atoms with Gasteiger partial charge in [-0.25, -0.2) is 0 Å². The zero-order chi connectivity index (χ0) is 20.4. The maximum absolute atomic E-state index is 12.3. The molecule has 2 rings (SSSR count). The lowest BCUT2D eigenvalue weighted by Crippen LogP contribution is -2.33. The van der Waals surface area contributed by atoms with Crippen LogP contribution < -0.4 is 14.8 Å². The number of ether oxygens (including phenoxy) is 2. The molecule has 2 aromatic carbocycles. The Labute approximate surface area is 166 Å². The molecule has 0 spiro atoms. The Balaban J connectivity index is 1.84. The van der Waals surface area contributed by atoms with Crippen LogP contribution in [0.25, 0.3) is 0 Å². The summed E-state index contributed by atoms with van der Waals surface area (Å²) in [7, 11) is 3.11. The second-order valence-corrected chi connectivity index (χ2v) is 6.46. The highest BCUT2D eigenvalue weighted by atomic mass is 16.5. The first-order chi connectivity index (χ1) is 13.5. The molecule has 0 radical (unpaired) electrons. The van der Waals surface area contributed by atoms with Gasteiger partial charge in [-0.15, -0.1) is 0 Å². The molecule has 0 aliphatic rings. The van der Waals surface area contributed by atoms with Gasteiger partial charge in [-0.2, -0.15) is 0 Å². The van der Waals surface area contributed by atoms with Crippen LogP contribution in [0.1, 0.15) is 25.3 Å². The maximum atomic E-state index is 12.3. The van der Waals surface area contributed by atoms with Crippen molar-refractivity contribution in [2.24, 2.45) is 0 Å². The second kappa shape index (κ2) is 11.0. The van der Waals surface area contributed by atoms with E-state index < -0.39 is 0 Å². The minimum atomic E-state index is -0.169. The fourth-order valence-corrected chi connectivity index (χ4v) is 2.90. The molecule has 1 N–H and O–H groups in total. The van der Waals surface area contributed by atoms with Gasteiger partial charge in [0.05, 0.1) is 19.9 Å². The first-order valence-corrected chi connectivity index (χ1v) is 9.34. The first kappa shape index (κ1) is 21.3. The van der Waals surface area contributed by atoms with Gasteiger partial charge in [-0.1, -0.05) is 30.3 Å². The normalized spacial score (nSPS) is 10.2. The number of rotatable bonds is 10. The van der Waals surface area contributed by atoms with Crippen LogP contribution in [0.2, 0.25) is 0 Å². The Kier molecular flexibility index (Phi) is 8.34. The molecule has 0 saturated heterocycles. The molecule has 0 fully saturated rings. The third-order valence-electron chi connectivity index (χ3n) is 4.47. The van der Waals surface area contributed by atoms with Crippen molar-refractivity contribution < 1.29 is 19.1 Å². The maximum Gasteiger partial charge on any atom is 0.226 e. The lowest BCUT2D eigenvalue weighted by molar-refractivity contribution is -0.129. The molecule has 6 heteroatoms. The number of hydrogen-bond donors (Lipinski definition) is 1. The number of nitrogens with one attached hydrogen (secondary N) is 1. The fraction of sp³-hybridized carbons (Fsp3) is 0.364. The molecule has 0 unspecified atom stereocenters. The Morgan fingerprint density at radius 2 is 1.75 bits per heavy atom. The van der Waals surface area contributed by atoms with Gasteiger partial charge in [0.25, 0.3) is 0 Å². The Morgan fingerprint density at radius 3 is 2.39 bits per heavy atom. The molecule has 0 heterocycles. The number of benzene rings is 2. The zero-order valence-electron chi connectivity index (χ0n) is 16.7. The van der Waals surface area contributed by atoms with Crippen LogP contribution in [0.5, 0.6) is 11.5 Å². The van der Waals surface area contributed by atoms with E-state index in [4.69, 9.17) is 9.47 Å². The summed E-state index contributed by atoms with van der Waals surface area (Å²) in [6.07, 6.45) is 1.98. The molecule has 0 aromatic heterocycles. The number of anilines is 1. The number of nitrogens with zero attached hydrogens (tertiary/aromatic N) is 1. The van der Waals surface area contributed by atoms with Crippen LogP contribution in [0, 0.1) is 0 Å². The summed E-state index contributed by atoms with van der Waals surface area (Å²) in [5, 5.41) is 2.83. The summed E-state index contributed by atoms with van der Waals surface area (Å²) in [6.45, 7) is 2.55. The Morgan fingerprint density at radius 1 is 1.00 bits per heavy atom. The smallest absolute Gasteiger partial charge is 0.226 e. The summed E-state index contributed by atoms with van der Waals surface area (Å²) in [5.74, 6) is 0.982. The largest absolute Gasteiger partial charge is 0.497 e. The fourth-order valence-electron chi connectivity index (χ4n) is 2.90. The molecule has 0 aliphatic heterocycles. The van der Waals surface area contributed by atoms with Crippen LogP contribution in [-0.2, 0) is 16.0 Å². The predicted molar refractivity (Wildman–Crippen MR) is 110 cm³/mol. The minimum absolute atomic E-state index is 0.0251. The average molecular weight is 384 g/mol.